The maximum atomic E-state index is 9.33. The summed E-state index contributed by atoms with van der Waals surface area (Å²) in [5, 5.41) is 0. The molecule has 1 atom stereocenters. The van der Waals surface area contributed by atoms with Crippen molar-refractivity contribution in [3.63, 3.8) is 0 Å². The van der Waals surface area contributed by atoms with Gasteiger partial charge in [-0.1, -0.05) is 54.6 Å². The molecule has 1 unspecified atom stereocenters. The lowest BCUT2D eigenvalue weighted by molar-refractivity contribution is -0.191. The first kappa shape index (κ1) is 25.3. The fourth-order valence-corrected chi connectivity index (χ4v) is 4.18. The molecular formula is C20H24O6P2S. The van der Waals surface area contributed by atoms with Gasteiger partial charge in [-0.05, 0) is 36.4 Å². The molecule has 0 aromatic heterocycles. The van der Waals surface area contributed by atoms with Crippen molar-refractivity contribution >= 4 is 26.1 Å². The molecule has 3 aromatic rings. The average Bonchev–Trinajstić information content (AvgIpc) is 2.62. The second-order valence-corrected chi connectivity index (χ2v) is 11.2. The molecule has 3 aromatic carbocycles. The van der Waals surface area contributed by atoms with E-state index in [1.54, 1.807) is 0 Å². The molecule has 0 saturated heterocycles. The van der Waals surface area contributed by atoms with Gasteiger partial charge >= 0.3 is 7.60 Å². The van der Waals surface area contributed by atoms with Crippen molar-refractivity contribution in [1.29, 1.82) is 0 Å². The van der Waals surface area contributed by atoms with E-state index in [0.29, 0.717) is 0 Å². The molecule has 0 fully saturated rings. The highest BCUT2D eigenvalue weighted by Gasteiger charge is 2.27. The van der Waals surface area contributed by atoms with E-state index in [1.807, 2.05) is 0 Å². The van der Waals surface area contributed by atoms with Gasteiger partial charge in [0.15, 0.2) is 14.7 Å². The quantitative estimate of drug-likeness (QED) is 0.410. The van der Waals surface area contributed by atoms with Crippen LogP contribution in [0.4, 0.5) is 0 Å². The van der Waals surface area contributed by atoms with E-state index < -0.39 is 15.2 Å². The Morgan fingerprint density at radius 3 is 0.966 bits per heavy atom. The summed E-state index contributed by atoms with van der Waals surface area (Å²) in [6, 6.07) is 32.2. The maximum Gasteiger partial charge on any atom is 0.322 e. The third kappa shape index (κ3) is 13.2. The van der Waals surface area contributed by atoms with Gasteiger partial charge in [-0.25, -0.2) is 0 Å². The number of benzene rings is 3. The minimum absolute atomic E-state index is 0.0146. The fourth-order valence-electron chi connectivity index (χ4n) is 2.08. The molecule has 6 nitrogen and oxygen atoms in total. The first-order valence-electron chi connectivity index (χ1n) is 8.39. The minimum atomic E-state index is -3.89. The SMILES string of the molecule is CP(=O)(O)O.CP(=O)([O-])O.c1ccc([S+](c2ccccc2)c2ccccc2)cc1. The van der Waals surface area contributed by atoms with Crippen LogP contribution >= 0.6 is 15.2 Å². The monoisotopic (exact) mass is 454 g/mol. The number of hydrogen-bond acceptors (Lipinski definition) is 3. The highest BCUT2D eigenvalue weighted by atomic mass is 32.2. The molecule has 3 rings (SSSR count). The van der Waals surface area contributed by atoms with Crippen LogP contribution in [0.3, 0.4) is 0 Å². The lowest BCUT2D eigenvalue weighted by Gasteiger charge is -2.07. The number of rotatable bonds is 3. The van der Waals surface area contributed by atoms with Crippen LogP contribution in [0.1, 0.15) is 0 Å². The van der Waals surface area contributed by atoms with Crippen molar-refractivity contribution in [2.45, 2.75) is 14.7 Å². The van der Waals surface area contributed by atoms with Crippen LogP contribution in [0.25, 0.3) is 0 Å². The Labute approximate surface area is 173 Å². The van der Waals surface area contributed by atoms with Crippen molar-refractivity contribution in [3.8, 4) is 0 Å². The van der Waals surface area contributed by atoms with E-state index in [4.69, 9.17) is 14.7 Å². The van der Waals surface area contributed by atoms with Crippen molar-refractivity contribution in [2.24, 2.45) is 0 Å². The molecule has 0 aliphatic carbocycles. The van der Waals surface area contributed by atoms with E-state index in [-0.39, 0.29) is 10.9 Å². The van der Waals surface area contributed by atoms with Gasteiger partial charge in [0.2, 0.25) is 0 Å². The summed E-state index contributed by atoms with van der Waals surface area (Å²) in [7, 11) is -7.54. The topological polar surface area (TPSA) is 118 Å². The Morgan fingerprint density at radius 1 is 0.621 bits per heavy atom. The van der Waals surface area contributed by atoms with E-state index in [2.05, 4.69) is 91.0 Å². The van der Waals surface area contributed by atoms with E-state index in [1.165, 1.54) is 14.7 Å². The molecule has 0 bridgehead atoms. The van der Waals surface area contributed by atoms with Gasteiger partial charge in [0.25, 0.3) is 0 Å². The largest absolute Gasteiger partial charge is 0.779 e. The summed E-state index contributed by atoms with van der Waals surface area (Å²) < 4.78 is 18.5. The van der Waals surface area contributed by atoms with E-state index in [9.17, 15) is 14.0 Å². The Balaban J connectivity index is 0.000000353. The standard InChI is InChI=1S/C18H15S.2CH5O3P/c1-4-10-16(11-5-1)19(17-12-6-2-7-13-17)18-14-8-3-9-15-18;2*1-5(2,3)4/h1-15H;2*1H3,(H2,2,3,4)/q+1;;/p-1. The first-order chi connectivity index (χ1) is 13.4. The molecule has 0 aliphatic heterocycles. The highest BCUT2D eigenvalue weighted by molar-refractivity contribution is 7.97. The zero-order chi connectivity index (χ0) is 21.9. The Hall–Kier alpha value is -1.69. The second kappa shape index (κ2) is 12.1. The zero-order valence-electron chi connectivity index (χ0n) is 16.0. The normalized spacial score (nSPS) is 12.7. The fraction of sp³-hybridized carbons (Fsp3) is 0.100. The van der Waals surface area contributed by atoms with Gasteiger partial charge in [0.1, 0.15) is 7.60 Å². The molecular weight excluding hydrogens is 430 g/mol. The first-order valence-corrected chi connectivity index (χ1v) is 13.7. The molecule has 0 aliphatic rings. The summed E-state index contributed by atoms with van der Waals surface area (Å²) in [5.41, 5.74) is 0. The lowest BCUT2D eigenvalue weighted by Crippen LogP contribution is -2.04. The van der Waals surface area contributed by atoms with Crippen LogP contribution in [0.5, 0.6) is 0 Å². The van der Waals surface area contributed by atoms with Crippen LogP contribution in [-0.2, 0) is 20.0 Å². The highest BCUT2D eigenvalue weighted by Crippen LogP contribution is 2.30. The summed E-state index contributed by atoms with van der Waals surface area (Å²) in [4.78, 5) is 36.1. The van der Waals surface area contributed by atoms with Crippen molar-refractivity contribution in [2.75, 3.05) is 13.3 Å². The lowest BCUT2D eigenvalue weighted by atomic mass is 10.4. The maximum absolute atomic E-state index is 9.33. The Kier molecular flexibility index (Phi) is 10.6. The summed E-state index contributed by atoms with van der Waals surface area (Å²) in [5.74, 6) is 0. The van der Waals surface area contributed by atoms with Crippen LogP contribution in [0.15, 0.2) is 106 Å². The third-order valence-electron chi connectivity index (χ3n) is 2.94. The van der Waals surface area contributed by atoms with Crippen LogP contribution in [-0.4, -0.2) is 28.0 Å². The predicted molar refractivity (Wildman–Crippen MR) is 115 cm³/mol. The van der Waals surface area contributed by atoms with Gasteiger partial charge in [0.05, 0.1) is 10.9 Å². The van der Waals surface area contributed by atoms with Crippen molar-refractivity contribution in [3.05, 3.63) is 91.0 Å². The van der Waals surface area contributed by atoms with Crippen LogP contribution in [0.2, 0.25) is 0 Å². The molecule has 0 heterocycles. The van der Waals surface area contributed by atoms with Crippen molar-refractivity contribution in [1.82, 2.24) is 0 Å². The molecule has 0 radical (unpaired) electrons. The molecule has 29 heavy (non-hydrogen) atoms. The molecule has 156 valence electrons. The van der Waals surface area contributed by atoms with E-state index >= 15 is 0 Å². The molecule has 3 N–H and O–H groups in total. The van der Waals surface area contributed by atoms with Gasteiger partial charge in [0, 0.05) is 13.3 Å². The van der Waals surface area contributed by atoms with Crippen molar-refractivity contribution < 1.29 is 28.7 Å². The molecule has 0 saturated carbocycles. The van der Waals surface area contributed by atoms with Gasteiger partial charge in [-0.15, -0.1) is 0 Å². The Morgan fingerprint density at radius 2 is 0.793 bits per heavy atom. The van der Waals surface area contributed by atoms with Crippen LogP contribution in [0, 0.1) is 0 Å². The Bertz CT molecular complexity index is 797. The summed E-state index contributed by atoms with van der Waals surface area (Å²) in [6.45, 7) is 1.60. The van der Waals surface area contributed by atoms with Gasteiger partial charge in [-0.3, -0.25) is 4.57 Å². The molecule has 0 spiro atoms. The molecule has 9 heteroatoms. The smallest absolute Gasteiger partial charge is 0.322 e. The summed E-state index contributed by atoms with van der Waals surface area (Å²) in [6.07, 6.45) is 0. The van der Waals surface area contributed by atoms with Gasteiger partial charge < -0.3 is 24.1 Å². The summed E-state index contributed by atoms with van der Waals surface area (Å²) >= 11 is 0. The minimum Gasteiger partial charge on any atom is -0.779 e. The molecule has 0 amide bonds. The third-order valence-corrected chi connectivity index (χ3v) is 5.17. The second-order valence-electron chi connectivity index (χ2n) is 5.88. The number of hydrogen-bond donors (Lipinski definition) is 3. The zero-order valence-corrected chi connectivity index (χ0v) is 18.6. The predicted octanol–water partition coefficient (Wildman–Crippen LogP) is 3.74. The van der Waals surface area contributed by atoms with E-state index in [0.717, 1.165) is 13.3 Å². The van der Waals surface area contributed by atoms with Crippen LogP contribution < -0.4 is 4.89 Å². The van der Waals surface area contributed by atoms with Gasteiger partial charge in [-0.2, -0.15) is 0 Å². The average molecular weight is 454 g/mol.